The van der Waals surface area contributed by atoms with Crippen LogP contribution in [0.15, 0.2) is 48.0 Å². The second-order valence-corrected chi connectivity index (χ2v) is 10.4. The summed E-state index contributed by atoms with van der Waals surface area (Å²) in [7, 11) is 1.99. The van der Waals surface area contributed by atoms with Crippen molar-refractivity contribution in [3.63, 3.8) is 0 Å². The van der Waals surface area contributed by atoms with Gasteiger partial charge in [-0.3, -0.25) is 4.98 Å². The zero-order valence-corrected chi connectivity index (χ0v) is 23.4. The average Bonchev–Trinajstić information content (AvgIpc) is 3.52. The molecule has 8 nitrogen and oxygen atoms in total. The minimum Gasteiger partial charge on any atom is -0.489 e. The van der Waals surface area contributed by atoms with Gasteiger partial charge in [-0.05, 0) is 51.3 Å². The number of anilines is 1. The summed E-state index contributed by atoms with van der Waals surface area (Å²) in [6.45, 7) is 8.75. The molecule has 196 valence electrons. The Balaban J connectivity index is 0.00000180. The van der Waals surface area contributed by atoms with E-state index in [4.69, 9.17) is 4.74 Å². The summed E-state index contributed by atoms with van der Waals surface area (Å²) in [5.41, 5.74) is 2.00. The number of aromatic nitrogens is 5. The molecule has 2 aliphatic heterocycles. The van der Waals surface area contributed by atoms with Gasteiger partial charge in [-0.25, -0.2) is 4.98 Å². The van der Waals surface area contributed by atoms with E-state index in [0.717, 1.165) is 60.2 Å². The van der Waals surface area contributed by atoms with Crippen LogP contribution >= 0.6 is 36.6 Å². The molecule has 2 saturated heterocycles. The Labute approximate surface area is 230 Å². The van der Waals surface area contributed by atoms with E-state index in [-0.39, 0.29) is 30.9 Å². The van der Waals surface area contributed by atoms with Crippen molar-refractivity contribution in [2.45, 2.75) is 44.0 Å². The number of hydrogen-bond acceptors (Lipinski definition) is 8. The Morgan fingerprint density at radius 2 is 1.94 bits per heavy atom. The molecule has 4 heterocycles. The van der Waals surface area contributed by atoms with Crippen molar-refractivity contribution in [2.24, 2.45) is 13.0 Å². The van der Waals surface area contributed by atoms with E-state index in [1.165, 1.54) is 18.7 Å². The molecule has 0 aliphatic carbocycles. The SMILES string of the molecule is CC(C)Oc1ccccc1N1CCC2CN(CCCSc3nnc(-c4cnccn4)n3C)CC21.Cl.Cl. The minimum absolute atomic E-state index is 0. The van der Waals surface area contributed by atoms with Crippen molar-refractivity contribution in [1.29, 1.82) is 0 Å². The van der Waals surface area contributed by atoms with Crippen LogP contribution in [0.25, 0.3) is 11.5 Å². The standard InChI is InChI=1S/C25H33N7OS.2ClH/c1-18(2)33-23-8-5-4-7-21(23)32-13-9-19-16-31(17-22(19)32)12-6-14-34-25-29-28-24(30(25)3)20-15-26-10-11-27-20;;/h4-5,7-8,10-11,15,18-19,22H,6,9,12-14,16-17H2,1-3H3;2*1H. The monoisotopic (exact) mass is 551 g/mol. The molecule has 0 bridgehead atoms. The van der Waals surface area contributed by atoms with Crippen LogP contribution in [-0.2, 0) is 7.05 Å². The van der Waals surface area contributed by atoms with Crippen LogP contribution in [0.4, 0.5) is 5.69 Å². The van der Waals surface area contributed by atoms with E-state index < -0.39 is 0 Å². The maximum atomic E-state index is 6.12. The van der Waals surface area contributed by atoms with E-state index in [2.05, 4.69) is 68.1 Å². The molecule has 0 saturated carbocycles. The highest BCUT2D eigenvalue weighted by atomic mass is 35.5. The highest BCUT2D eigenvalue weighted by molar-refractivity contribution is 7.99. The predicted octanol–water partition coefficient (Wildman–Crippen LogP) is 4.60. The van der Waals surface area contributed by atoms with Crippen molar-refractivity contribution in [2.75, 3.05) is 36.8 Å². The van der Waals surface area contributed by atoms with Crippen molar-refractivity contribution in [3.05, 3.63) is 42.9 Å². The Hall–Kier alpha value is -2.07. The molecule has 2 aliphatic rings. The van der Waals surface area contributed by atoms with Crippen LogP contribution in [0.1, 0.15) is 26.7 Å². The quantitative estimate of drug-likeness (QED) is 0.282. The fourth-order valence-corrected chi connectivity index (χ4v) is 5.94. The van der Waals surface area contributed by atoms with E-state index in [9.17, 15) is 0 Å². The third kappa shape index (κ3) is 6.25. The number of thioether (sulfide) groups is 1. The first-order valence-electron chi connectivity index (χ1n) is 12.1. The second-order valence-electron chi connectivity index (χ2n) is 9.36. The van der Waals surface area contributed by atoms with Crippen molar-refractivity contribution in [3.8, 4) is 17.3 Å². The van der Waals surface area contributed by atoms with Crippen LogP contribution in [0.3, 0.4) is 0 Å². The van der Waals surface area contributed by atoms with Gasteiger partial charge in [0.15, 0.2) is 11.0 Å². The van der Waals surface area contributed by atoms with Crippen LogP contribution in [0, 0.1) is 5.92 Å². The van der Waals surface area contributed by atoms with Crippen LogP contribution in [-0.4, -0.2) is 73.7 Å². The number of halogens is 2. The Bertz CT molecular complexity index is 1100. The molecule has 2 fully saturated rings. The highest BCUT2D eigenvalue weighted by Gasteiger charge is 2.41. The fourth-order valence-electron chi connectivity index (χ4n) is 5.11. The first-order valence-corrected chi connectivity index (χ1v) is 13.1. The van der Waals surface area contributed by atoms with Crippen LogP contribution < -0.4 is 9.64 Å². The molecule has 3 aromatic rings. The Morgan fingerprint density at radius 3 is 2.72 bits per heavy atom. The van der Waals surface area contributed by atoms with E-state index in [1.54, 1.807) is 30.4 Å². The van der Waals surface area contributed by atoms with Gasteiger partial charge in [0.1, 0.15) is 11.4 Å². The summed E-state index contributed by atoms with van der Waals surface area (Å²) < 4.78 is 8.12. The Morgan fingerprint density at radius 1 is 1.11 bits per heavy atom. The second kappa shape index (κ2) is 12.9. The van der Waals surface area contributed by atoms with Crippen molar-refractivity contribution < 1.29 is 4.74 Å². The lowest BCUT2D eigenvalue weighted by Crippen LogP contribution is -2.35. The van der Waals surface area contributed by atoms with Gasteiger partial charge in [-0.1, -0.05) is 23.9 Å². The molecular formula is C25H35Cl2N7OS. The summed E-state index contributed by atoms with van der Waals surface area (Å²) in [5, 5.41) is 9.59. The van der Waals surface area contributed by atoms with Gasteiger partial charge in [0.25, 0.3) is 0 Å². The number of benzene rings is 1. The molecule has 1 aromatic carbocycles. The van der Waals surface area contributed by atoms with E-state index in [1.807, 2.05) is 11.6 Å². The van der Waals surface area contributed by atoms with E-state index in [0.29, 0.717) is 6.04 Å². The van der Waals surface area contributed by atoms with Crippen LogP contribution in [0.5, 0.6) is 5.75 Å². The van der Waals surface area contributed by atoms with Crippen molar-refractivity contribution >= 4 is 42.3 Å². The first-order chi connectivity index (χ1) is 16.6. The lowest BCUT2D eigenvalue weighted by Gasteiger charge is -2.29. The summed E-state index contributed by atoms with van der Waals surface area (Å²) >= 11 is 1.76. The lowest BCUT2D eigenvalue weighted by atomic mass is 10.0. The summed E-state index contributed by atoms with van der Waals surface area (Å²) in [4.78, 5) is 13.7. The normalized spacial score (nSPS) is 19.2. The average molecular weight is 553 g/mol. The largest absolute Gasteiger partial charge is 0.489 e. The zero-order valence-electron chi connectivity index (χ0n) is 21.0. The molecule has 0 amide bonds. The number of fused-ring (bicyclic) bond motifs is 1. The minimum atomic E-state index is 0. The first kappa shape index (κ1) is 28.5. The number of ether oxygens (including phenoxy) is 1. The van der Waals surface area contributed by atoms with Gasteiger partial charge < -0.3 is 19.1 Å². The van der Waals surface area contributed by atoms with Gasteiger partial charge in [0.05, 0.1) is 18.0 Å². The lowest BCUT2D eigenvalue weighted by molar-refractivity contribution is 0.242. The predicted molar refractivity (Wildman–Crippen MR) is 150 cm³/mol. The number of likely N-dealkylation sites (tertiary alicyclic amines) is 1. The maximum Gasteiger partial charge on any atom is 0.191 e. The third-order valence-corrected chi connectivity index (χ3v) is 7.74. The molecule has 0 N–H and O–H groups in total. The molecule has 11 heteroatoms. The zero-order chi connectivity index (χ0) is 23.5. The molecule has 2 aromatic heterocycles. The van der Waals surface area contributed by atoms with Gasteiger partial charge in [0.2, 0.25) is 0 Å². The summed E-state index contributed by atoms with van der Waals surface area (Å²) in [6.07, 6.45) is 7.64. The number of hydrogen-bond donors (Lipinski definition) is 0. The topological polar surface area (TPSA) is 72.2 Å². The number of rotatable bonds is 9. The van der Waals surface area contributed by atoms with Gasteiger partial charge in [-0.15, -0.1) is 35.0 Å². The number of nitrogens with zero attached hydrogens (tertiary/aromatic N) is 7. The maximum absolute atomic E-state index is 6.12. The highest BCUT2D eigenvalue weighted by Crippen LogP contribution is 2.39. The summed E-state index contributed by atoms with van der Waals surface area (Å²) in [6, 6.07) is 9.10. The molecule has 0 radical (unpaired) electrons. The molecule has 0 spiro atoms. The Kier molecular flexibility index (Phi) is 10.2. The number of para-hydroxylation sites is 2. The third-order valence-electron chi connectivity index (χ3n) is 6.64. The van der Waals surface area contributed by atoms with Gasteiger partial charge >= 0.3 is 0 Å². The van der Waals surface area contributed by atoms with Crippen molar-refractivity contribution in [1.82, 2.24) is 29.6 Å². The summed E-state index contributed by atoms with van der Waals surface area (Å²) in [5.74, 6) is 3.53. The fraction of sp³-hybridized carbons (Fsp3) is 0.520. The van der Waals surface area contributed by atoms with Gasteiger partial charge in [-0.2, -0.15) is 0 Å². The van der Waals surface area contributed by atoms with E-state index >= 15 is 0 Å². The molecule has 5 rings (SSSR count). The molecule has 2 unspecified atom stereocenters. The van der Waals surface area contributed by atoms with Gasteiger partial charge in [0, 0.05) is 50.9 Å². The molecule has 2 atom stereocenters. The smallest absolute Gasteiger partial charge is 0.191 e. The molecular weight excluding hydrogens is 517 g/mol. The van der Waals surface area contributed by atoms with Crippen LogP contribution in [0.2, 0.25) is 0 Å². The molecule has 36 heavy (non-hydrogen) atoms.